The van der Waals surface area contributed by atoms with Gasteiger partial charge in [-0.3, -0.25) is 9.59 Å². The van der Waals surface area contributed by atoms with Crippen molar-refractivity contribution in [2.24, 2.45) is 0 Å². The molecule has 156 valence electrons. The summed E-state index contributed by atoms with van der Waals surface area (Å²) in [5.41, 5.74) is 4.21. The van der Waals surface area contributed by atoms with E-state index in [1.54, 1.807) is 11.8 Å². The van der Waals surface area contributed by atoms with Crippen molar-refractivity contribution in [1.29, 1.82) is 0 Å². The first-order chi connectivity index (χ1) is 13.7. The second-order valence-corrected chi connectivity index (χ2v) is 7.77. The van der Waals surface area contributed by atoms with Crippen molar-refractivity contribution in [3.63, 3.8) is 0 Å². The van der Waals surface area contributed by atoms with E-state index in [0.717, 1.165) is 22.3 Å². The summed E-state index contributed by atoms with van der Waals surface area (Å²) < 4.78 is 5.82. The maximum absolute atomic E-state index is 13.1. The molecule has 0 saturated heterocycles. The predicted molar refractivity (Wildman–Crippen MR) is 116 cm³/mol. The quantitative estimate of drug-likeness (QED) is 0.735. The zero-order valence-corrected chi connectivity index (χ0v) is 18.3. The van der Waals surface area contributed by atoms with Gasteiger partial charge in [0.1, 0.15) is 11.8 Å². The number of hydrogen-bond acceptors (Lipinski definition) is 3. The third-order valence-electron chi connectivity index (χ3n) is 5.11. The summed E-state index contributed by atoms with van der Waals surface area (Å²) in [6.45, 7) is 11.8. The van der Waals surface area contributed by atoms with E-state index in [9.17, 15) is 9.59 Å². The molecule has 0 aliphatic heterocycles. The van der Waals surface area contributed by atoms with Crippen LogP contribution in [0.5, 0.6) is 5.75 Å². The van der Waals surface area contributed by atoms with Gasteiger partial charge in [-0.25, -0.2) is 0 Å². The Bertz CT molecular complexity index is 861. The third kappa shape index (κ3) is 6.08. The minimum absolute atomic E-state index is 0.00607. The Morgan fingerprint density at radius 3 is 2.28 bits per heavy atom. The predicted octanol–water partition coefficient (Wildman–Crippen LogP) is 3.93. The molecule has 0 radical (unpaired) electrons. The number of carbonyl (C=O) groups excluding carboxylic acids is 2. The molecule has 2 aromatic rings. The van der Waals surface area contributed by atoms with Gasteiger partial charge in [0.05, 0.1) is 0 Å². The van der Waals surface area contributed by atoms with Gasteiger partial charge < -0.3 is 15.0 Å². The van der Waals surface area contributed by atoms with Crippen LogP contribution in [0.2, 0.25) is 0 Å². The standard InChI is InChI=1S/C24H32N2O3/c1-16(2)25-24(28)20(6)26(14-21-12-8-7-10-18(21)4)23(27)15-29-22-13-9-11-17(3)19(22)5/h7-13,16,20H,14-15H2,1-6H3,(H,25,28)/t20-/m1/s1. The zero-order chi connectivity index (χ0) is 21.6. The number of nitrogens with one attached hydrogen (secondary N) is 1. The van der Waals surface area contributed by atoms with Crippen LogP contribution in [-0.4, -0.2) is 35.4 Å². The molecular formula is C24H32N2O3. The zero-order valence-electron chi connectivity index (χ0n) is 18.3. The van der Waals surface area contributed by atoms with Gasteiger partial charge in [-0.1, -0.05) is 36.4 Å². The largest absolute Gasteiger partial charge is 0.483 e. The molecule has 0 bridgehead atoms. The average molecular weight is 397 g/mol. The highest BCUT2D eigenvalue weighted by Crippen LogP contribution is 2.21. The summed E-state index contributed by atoms with van der Waals surface area (Å²) in [6, 6.07) is 13.1. The number of carbonyl (C=O) groups is 2. The Morgan fingerprint density at radius 2 is 1.62 bits per heavy atom. The fourth-order valence-electron chi connectivity index (χ4n) is 3.06. The molecular weight excluding hydrogens is 364 g/mol. The van der Waals surface area contributed by atoms with Crippen LogP contribution in [0.25, 0.3) is 0 Å². The maximum atomic E-state index is 13.1. The van der Waals surface area contributed by atoms with Crippen molar-refractivity contribution >= 4 is 11.8 Å². The van der Waals surface area contributed by atoms with Gasteiger partial charge in [-0.2, -0.15) is 0 Å². The second kappa shape index (κ2) is 10.1. The molecule has 0 aromatic heterocycles. The molecule has 5 heteroatoms. The van der Waals surface area contributed by atoms with Gasteiger partial charge in [0, 0.05) is 12.6 Å². The molecule has 0 saturated carbocycles. The van der Waals surface area contributed by atoms with Gasteiger partial charge in [-0.15, -0.1) is 0 Å². The Kier molecular flexibility index (Phi) is 7.82. The summed E-state index contributed by atoms with van der Waals surface area (Å²) in [5, 5.41) is 2.89. The third-order valence-corrected chi connectivity index (χ3v) is 5.11. The Labute approximate surface area is 174 Å². The molecule has 29 heavy (non-hydrogen) atoms. The van der Waals surface area contributed by atoms with Gasteiger partial charge in [0.25, 0.3) is 5.91 Å². The molecule has 0 heterocycles. The van der Waals surface area contributed by atoms with Crippen molar-refractivity contribution in [2.45, 2.75) is 60.2 Å². The van der Waals surface area contributed by atoms with Gasteiger partial charge in [0.2, 0.25) is 5.91 Å². The van der Waals surface area contributed by atoms with E-state index in [1.165, 1.54) is 0 Å². The lowest BCUT2D eigenvalue weighted by Gasteiger charge is -2.30. The highest BCUT2D eigenvalue weighted by Gasteiger charge is 2.27. The first-order valence-corrected chi connectivity index (χ1v) is 10.0. The fraction of sp³-hybridized carbons (Fsp3) is 0.417. The van der Waals surface area contributed by atoms with Crippen LogP contribution in [0.3, 0.4) is 0 Å². The topological polar surface area (TPSA) is 58.6 Å². The van der Waals surface area contributed by atoms with Crippen LogP contribution in [0, 0.1) is 20.8 Å². The lowest BCUT2D eigenvalue weighted by atomic mass is 10.1. The molecule has 0 spiro atoms. The van der Waals surface area contributed by atoms with Crippen molar-refractivity contribution in [2.75, 3.05) is 6.61 Å². The monoisotopic (exact) mass is 396 g/mol. The lowest BCUT2D eigenvalue weighted by molar-refractivity contribution is -0.142. The summed E-state index contributed by atoms with van der Waals surface area (Å²) in [7, 11) is 0. The summed E-state index contributed by atoms with van der Waals surface area (Å²) in [6.07, 6.45) is 0. The van der Waals surface area contributed by atoms with Crippen LogP contribution in [-0.2, 0) is 16.1 Å². The van der Waals surface area contributed by atoms with E-state index in [4.69, 9.17) is 4.74 Å². The highest BCUT2D eigenvalue weighted by molar-refractivity contribution is 5.88. The van der Waals surface area contributed by atoms with Crippen LogP contribution in [0.1, 0.15) is 43.0 Å². The highest BCUT2D eigenvalue weighted by atomic mass is 16.5. The molecule has 0 unspecified atom stereocenters. The van der Waals surface area contributed by atoms with Crippen LogP contribution in [0.15, 0.2) is 42.5 Å². The molecule has 0 aliphatic carbocycles. The van der Waals surface area contributed by atoms with E-state index in [1.807, 2.05) is 77.1 Å². The number of nitrogens with zero attached hydrogens (tertiary/aromatic N) is 1. The minimum Gasteiger partial charge on any atom is -0.483 e. The molecule has 2 rings (SSSR count). The molecule has 2 aromatic carbocycles. The average Bonchev–Trinajstić information content (AvgIpc) is 2.67. The van der Waals surface area contributed by atoms with Crippen LogP contribution in [0.4, 0.5) is 0 Å². The van der Waals surface area contributed by atoms with Crippen molar-refractivity contribution in [1.82, 2.24) is 10.2 Å². The summed E-state index contributed by atoms with van der Waals surface area (Å²) >= 11 is 0. The maximum Gasteiger partial charge on any atom is 0.261 e. The minimum atomic E-state index is -0.605. The summed E-state index contributed by atoms with van der Waals surface area (Å²) in [5.74, 6) is 0.294. The lowest BCUT2D eigenvalue weighted by Crippen LogP contribution is -2.50. The normalized spacial score (nSPS) is 11.8. The molecule has 0 fully saturated rings. The number of rotatable bonds is 8. The molecule has 0 aliphatic rings. The van der Waals surface area contributed by atoms with Gasteiger partial charge in [-0.05, 0) is 69.9 Å². The number of amides is 2. The van der Waals surface area contributed by atoms with Crippen molar-refractivity contribution < 1.29 is 14.3 Å². The number of ether oxygens (including phenoxy) is 1. The van der Waals surface area contributed by atoms with Gasteiger partial charge in [0.15, 0.2) is 6.61 Å². The molecule has 2 amide bonds. The van der Waals surface area contributed by atoms with E-state index < -0.39 is 6.04 Å². The Hall–Kier alpha value is -2.82. The number of benzene rings is 2. The SMILES string of the molecule is Cc1ccccc1CN(C(=O)COc1cccc(C)c1C)[C@H](C)C(=O)NC(C)C. The molecule has 1 atom stereocenters. The first-order valence-electron chi connectivity index (χ1n) is 10.0. The van der Waals surface area contributed by atoms with Gasteiger partial charge >= 0.3 is 0 Å². The van der Waals surface area contributed by atoms with Crippen molar-refractivity contribution in [3.8, 4) is 5.75 Å². The Morgan fingerprint density at radius 1 is 0.966 bits per heavy atom. The number of hydrogen-bond donors (Lipinski definition) is 1. The van der Waals surface area contributed by atoms with E-state index in [0.29, 0.717) is 12.3 Å². The first kappa shape index (κ1) is 22.5. The second-order valence-electron chi connectivity index (χ2n) is 7.77. The molecule has 5 nitrogen and oxygen atoms in total. The molecule has 1 N–H and O–H groups in total. The van der Waals surface area contributed by atoms with Crippen molar-refractivity contribution in [3.05, 3.63) is 64.7 Å². The van der Waals surface area contributed by atoms with E-state index in [-0.39, 0.29) is 24.5 Å². The van der Waals surface area contributed by atoms with E-state index in [2.05, 4.69) is 5.32 Å². The van der Waals surface area contributed by atoms with Crippen LogP contribution >= 0.6 is 0 Å². The Balaban J connectivity index is 2.20. The fourth-order valence-corrected chi connectivity index (χ4v) is 3.06. The number of aryl methyl sites for hydroxylation is 2. The van der Waals surface area contributed by atoms with E-state index >= 15 is 0 Å². The smallest absolute Gasteiger partial charge is 0.261 e. The summed E-state index contributed by atoms with van der Waals surface area (Å²) in [4.78, 5) is 27.3. The van der Waals surface area contributed by atoms with Crippen LogP contribution < -0.4 is 10.1 Å².